The quantitative estimate of drug-likeness (QED) is 0.352. The lowest BCUT2D eigenvalue weighted by Gasteiger charge is -2.34. The molecule has 9 heteroatoms. The molecule has 0 radical (unpaired) electrons. The minimum Gasteiger partial charge on any atom is -0.508 e. The average Bonchev–Trinajstić information content (AvgIpc) is 2.74. The number of carbonyl (C=O) groups is 3. The molecule has 0 aliphatic rings. The molecule has 0 aliphatic carbocycles. The molecular formula is C24H39N3O6. The zero-order chi connectivity index (χ0) is 25.0. The second-order valence-electron chi connectivity index (χ2n) is 8.87. The third-order valence-corrected chi connectivity index (χ3v) is 4.83. The topological polar surface area (TPSA) is 128 Å². The molecule has 2 unspecified atom stereocenters. The Hall–Kier alpha value is -2.81. The highest BCUT2D eigenvalue weighted by atomic mass is 16.6. The number of phenols is 1. The molecule has 1 aromatic rings. The lowest BCUT2D eigenvalue weighted by atomic mass is 10.0. The fourth-order valence-corrected chi connectivity index (χ4v) is 3.18. The summed E-state index contributed by atoms with van der Waals surface area (Å²) in [5, 5.41) is 25.6. The van der Waals surface area contributed by atoms with Gasteiger partial charge >= 0.3 is 6.09 Å². The van der Waals surface area contributed by atoms with Crippen molar-refractivity contribution in [2.24, 2.45) is 0 Å². The van der Waals surface area contributed by atoms with Crippen molar-refractivity contribution in [2.45, 2.75) is 78.0 Å². The van der Waals surface area contributed by atoms with Crippen LogP contribution in [0.3, 0.4) is 0 Å². The number of alkyl carbamates (subject to hydrolysis) is 1. The monoisotopic (exact) mass is 465 g/mol. The Bertz CT molecular complexity index is 778. The maximum absolute atomic E-state index is 13.5. The molecule has 0 saturated carbocycles. The van der Waals surface area contributed by atoms with E-state index in [1.165, 1.54) is 11.0 Å². The normalized spacial score (nSPS) is 13.0. The second-order valence-corrected chi connectivity index (χ2v) is 8.87. The lowest BCUT2D eigenvalue weighted by molar-refractivity contribution is -0.143. The van der Waals surface area contributed by atoms with Gasteiger partial charge in [0.05, 0.1) is 6.61 Å². The van der Waals surface area contributed by atoms with Crippen LogP contribution < -0.4 is 10.6 Å². The van der Waals surface area contributed by atoms with E-state index >= 15 is 0 Å². The van der Waals surface area contributed by atoms with Crippen LogP contribution in [0.1, 0.15) is 71.9 Å². The smallest absolute Gasteiger partial charge is 0.408 e. The van der Waals surface area contributed by atoms with Crippen LogP contribution in [-0.4, -0.2) is 64.4 Å². The molecule has 186 valence electrons. The highest BCUT2D eigenvalue weighted by molar-refractivity contribution is 5.92. The van der Waals surface area contributed by atoms with E-state index in [9.17, 15) is 24.6 Å². The largest absolute Gasteiger partial charge is 0.508 e. The van der Waals surface area contributed by atoms with E-state index in [2.05, 4.69) is 10.6 Å². The Labute approximate surface area is 196 Å². The molecule has 0 aromatic heterocycles. The SMILES string of the molecule is CCCCNC(=O)C(c1ccccc1O)N(CCCC)C(=O)C(CO)NC(=O)OC(C)(C)C. The number of nitrogens with zero attached hydrogens (tertiary/aromatic N) is 1. The summed E-state index contributed by atoms with van der Waals surface area (Å²) in [5.41, 5.74) is -0.517. The Morgan fingerprint density at radius 1 is 1.09 bits per heavy atom. The molecule has 33 heavy (non-hydrogen) atoms. The maximum atomic E-state index is 13.5. The third-order valence-electron chi connectivity index (χ3n) is 4.83. The Morgan fingerprint density at radius 2 is 1.73 bits per heavy atom. The van der Waals surface area contributed by atoms with Crippen LogP contribution in [0.25, 0.3) is 0 Å². The van der Waals surface area contributed by atoms with Gasteiger partial charge in [-0.05, 0) is 39.7 Å². The van der Waals surface area contributed by atoms with Gasteiger partial charge in [-0.15, -0.1) is 0 Å². The van der Waals surface area contributed by atoms with Gasteiger partial charge in [-0.2, -0.15) is 0 Å². The van der Waals surface area contributed by atoms with Gasteiger partial charge in [0.25, 0.3) is 0 Å². The van der Waals surface area contributed by atoms with Crippen molar-refractivity contribution in [1.82, 2.24) is 15.5 Å². The number of aliphatic hydroxyl groups is 1. The number of nitrogens with one attached hydrogen (secondary N) is 2. The van der Waals surface area contributed by atoms with Crippen LogP contribution in [0, 0.1) is 0 Å². The molecular weight excluding hydrogens is 426 g/mol. The number of phenolic OH excluding ortho intramolecular Hbond substituents is 1. The number of aliphatic hydroxyl groups excluding tert-OH is 1. The fraction of sp³-hybridized carbons (Fsp3) is 0.625. The Kier molecular flexibility index (Phi) is 11.7. The Morgan fingerprint density at radius 3 is 2.27 bits per heavy atom. The van der Waals surface area contributed by atoms with E-state index in [4.69, 9.17) is 4.74 Å². The van der Waals surface area contributed by atoms with E-state index in [-0.39, 0.29) is 17.9 Å². The molecule has 0 fully saturated rings. The van der Waals surface area contributed by atoms with Crippen molar-refractivity contribution in [2.75, 3.05) is 19.7 Å². The molecule has 0 saturated heterocycles. The highest BCUT2D eigenvalue weighted by Crippen LogP contribution is 2.30. The van der Waals surface area contributed by atoms with E-state index in [1.54, 1.807) is 39.0 Å². The number of hydrogen-bond acceptors (Lipinski definition) is 6. The summed E-state index contributed by atoms with van der Waals surface area (Å²) in [5.74, 6) is -1.21. The summed E-state index contributed by atoms with van der Waals surface area (Å²) < 4.78 is 5.21. The van der Waals surface area contributed by atoms with Crippen LogP contribution in [-0.2, 0) is 14.3 Å². The number of unbranched alkanes of at least 4 members (excludes halogenated alkanes) is 2. The summed E-state index contributed by atoms with van der Waals surface area (Å²) in [6.07, 6.45) is 2.13. The number of aromatic hydroxyl groups is 1. The van der Waals surface area contributed by atoms with Crippen molar-refractivity contribution in [3.63, 3.8) is 0 Å². The van der Waals surface area contributed by atoms with Gasteiger partial charge in [-0.3, -0.25) is 9.59 Å². The second kappa shape index (κ2) is 13.7. The number of amides is 3. The van der Waals surface area contributed by atoms with Crippen molar-refractivity contribution in [3.05, 3.63) is 29.8 Å². The van der Waals surface area contributed by atoms with Crippen molar-refractivity contribution >= 4 is 17.9 Å². The fourth-order valence-electron chi connectivity index (χ4n) is 3.18. The van der Waals surface area contributed by atoms with Crippen LogP contribution in [0.2, 0.25) is 0 Å². The summed E-state index contributed by atoms with van der Waals surface area (Å²) in [6.45, 7) is 8.95. The standard InChI is InChI=1S/C24H39N3O6/c1-6-8-14-25-21(30)20(17-12-10-11-13-19(17)29)27(15-9-7-2)22(31)18(16-28)26-23(32)33-24(3,4)5/h10-13,18,20,28-29H,6-9,14-16H2,1-5H3,(H,25,30)(H,26,32). The molecule has 1 rings (SSSR count). The summed E-state index contributed by atoms with van der Waals surface area (Å²) in [6, 6.07) is 3.90. The van der Waals surface area contributed by atoms with Gasteiger partial charge in [0, 0.05) is 18.7 Å². The summed E-state index contributed by atoms with van der Waals surface area (Å²) >= 11 is 0. The van der Waals surface area contributed by atoms with Crippen LogP contribution in [0.4, 0.5) is 4.79 Å². The first kappa shape index (κ1) is 28.2. The molecule has 0 spiro atoms. The van der Waals surface area contributed by atoms with Crippen molar-refractivity contribution in [3.8, 4) is 5.75 Å². The molecule has 9 nitrogen and oxygen atoms in total. The first-order valence-corrected chi connectivity index (χ1v) is 11.5. The number of para-hydroxylation sites is 1. The molecule has 0 aliphatic heterocycles. The molecule has 3 amide bonds. The summed E-state index contributed by atoms with van der Waals surface area (Å²) in [4.78, 5) is 40.2. The van der Waals surface area contributed by atoms with Gasteiger partial charge < -0.3 is 30.5 Å². The average molecular weight is 466 g/mol. The van der Waals surface area contributed by atoms with E-state index < -0.39 is 42.2 Å². The highest BCUT2D eigenvalue weighted by Gasteiger charge is 2.36. The molecule has 0 heterocycles. The number of benzene rings is 1. The van der Waals surface area contributed by atoms with Crippen molar-refractivity contribution in [1.29, 1.82) is 0 Å². The predicted molar refractivity (Wildman–Crippen MR) is 126 cm³/mol. The van der Waals surface area contributed by atoms with Gasteiger partial charge in [0.1, 0.15) is 23.4 Å². The number of carbonyl (C=O) groups excluding carboxylic acids is 3. The zero-order valence-corrected chi connectivity index (χ0v) is 20.4. The van der Waals surface area contributed by atoms with Crippen LogP contribution in [0.5, 0.6) is 5.75 Å². The third kappa shape index (κ3) is 9.29. The Balaban J connectivity index is 3.32. The number of ether oxygens (including phenoxy) is 1. The van der Waals surface area contributed by atoms with Crippen LogP contribution in [0.15, 0.2) is 24.3 Å². The molecule has 4 N–H and O–H groups in total. The van der Waals surface area contributed by atoms with E-state index in [0.29, 0.717) is 13.0 Å². The van der Waals surface area contributed by atoms with Gasteiger partial charge in [-0.25, -0.2) is 4.79 Å². The number of rotatable bonds is 12. The first-order chi connectivity index (χ1) is 15.6. The zero-order valence-electron chi connectivity index (χ0n) is 20.4. The van der Waals surface area contributed by atoms with Gasteiger partial charge in [0.15, 0.2) is 0 Å². The first-order valence-electron chi connectivity index (χ1n) is 11.5. The molecule has 2 atom stereocenters. The maximum Gasteiger partial charge on any atom is 0.408 e. The minimum atomic E-state index is -1.31. The van der Waals surface area contributed by atoms with E-state index in [0.717, 1.165) is 19.3 Å². The van der Waals surface area contributed by atoms with E-state index in [1.807, 2.05) is 13.8 Å². The summed E-state index contributed by atoms with van der Waals surface area (Å²) in [7, 11) is 0. The number of hydrogen-bond donors (Lipinski definition) is 4. The minimum absolute atomic E-state index is 0.122. The lowest BCUT2D eigenvalue weighted by Crippen LogP contribution is -2.54. The molecule has 1 aromatic carbocycles. The predicted octanol–water partition coefficient (Wildman–Crippen LogP) is 2.86. The molecule has 0 bridgehead atoms. The van der Waals surface area contributed by atoms with Crippen molar-refractivity contribution < 1.29 is 29.3 Å². The van der Waals surface area contributed by atoms with Gasteiger partial charge in [-0.1, -0.05) is 44.9 Å². The van der Waals surface area contributed by atoms with Gasteiger partial charge in [0.2, 0.25) is 11.8 Å². The van der Waals surface area contributed by atoms with Crippen LogP contribution >= 0.6 is 0 Å².